The van der Waals surface area contributed by atoms with Gasteiger partial charge in [0.2, 0.25) is 0 Å². The molecule has 1 heteroatoms. The topological polar surface area (TPSA) is 17.1 Å². The van der Waals surface area contributed by atoms with Crippen LogP contribution in [-0.2, 0) is 4.79 Å². The Bertz CT molecular complexity index is 197. The summed E-state index contributed by atoms with van der Waals surface area (Å²) in [7, 11) is 0. The van der Waals surface area contributed by atoms with E-state index in [4.69, 9.17) is 0 Å². The van der Waals surface area contributed by atoms with E-state index in [1.165, 1.54) is 19.3 Å². The smallest absolute Gasteiger partial charge is 0.161 e. The lowest BCUT2D eigenvalue weighted by Gasteiger charge is -2.31. The lowest BCUT2D eigenvalue weighted by Crippen LogP contribution is -2.28. The summed E-state index contributed by atoms with van der Waals surface area (Å²) in [4.78, 5) is 11.5. The zero-order chi connectivity index (χ0) is 7.73. The number of ketones is 1. The van der Waals surface area contributed by atoms with Crippen molar-refractivity contribution in [2.75, 3.05) is 0 Å². The quantitative estimate of drug-likeness (QED) is 0.518. The SMILES string of the molecule is O=C1C=CCC12CCCCC2. The van der Waals surface area contributed by atoms with Crippen molar-refractivity contribution in [3.05, 3.63) is 12.2 Å². The van der Waals surface area contributed by atoms with Gasteiger partial charge >= 0.3 is 0 Å². The normalized spacial score (nSPS) is 28.2. The largest absolute Gasteiger partial charge is 0.294 e. The molecule has 0 aromatic carbocycles. The van der Waals surface area contributed by atoms with Crippen LogP contribution in [0.1, 0.15) is 38.5 Å². The minimum absolute atomic E-state index is 0.0816. The Hall–Kier alpha value is -0.590. The molecule has 1 spiro atoms. The molecule has 0 aliphatic heterocycles. The molecule has 2 aliphatic carbocycles. The summed E-state index contributed by atoms with van der Waals surface area (Å²) in [5.74, 6) is 0.400. The summed E-state index contributed by atoms with van der Waals surface area (Å²) in [6, 6.07) is 0. The van der Waals surface area contributed by atoms with Crippen LogP contribution in [-0.4, -0.2) is 5.78 Å². The number of hydrogen-bond donors (Lipinski definition) is 0. The Morgan fingerprint density at radius 2 is 1.91 bits per heavy atom. The first kappa shape index (κ1) is 7.08. The number of allylic oxidation sites excluding steroid dienone is 2. The molecule has 11 heavy (non-hydrogen) atoms. The minimum Gasteiger partial charge on any atom is -0.294 e. The average Bonchev–Trinajstić information content (AvgIpc) is 2.36. The van der Waals surface area contributed by atoms with Gasteiger partial charge in [0.1, 0.15) is 0 Å². The molecule has 0 bridgehead atoms. The van der Waals surface area contributed by atoms with Crippen LogP contribution in [0.2, 0.25) is 0 Å². The van der Waals surface area contributed by atoms with Gasteiger partial charge in [-0.2, -0.15) is 0 Å². The van der Waals surface area contributed by atoms with Crippen molar-refractivity contribution < 1.29 is 4.79 Å². The van der Waals surface area contributed by atoms with Gasteiger partial charge < -0.3 is 0 Å². The molecule has 2 aliphatic rings. The van der Waals surface area contributed by atoms with E-state index in [0.29, 0.717) is 5.78 Å². The molecule has 0 unspecified atom stereocenters. The fourth-order valence-corrected chi connectivity index (χ4v) is 2.35. The molecule has 1 saturated carbocycles. The van der Waals surface area contributed by atoms with Crippen LogP contribution in [0.25, 0.3) is 0 Å². The predicted octanol–water partition coefficient (Wildman–Crippen LogP) is 2.47. The first-order chi connectivity index (χ1) is 5.33. The lowest BCUT2D eigenvalue weighted by atomic mass is 9.72. The molecule has 0 aromatic heterocycles. The monoisotopic (exact) mass is 150 g/mol. The van der Waals surface area contributed by atoms with Crippen LogP contribution in [0.5, 0.6) is 0 Å². The van der Waals surface area contributed by atoms with Gasteiger partial charge in [-0.25, -0.2) is 0 Å². The van der Waals surface area contributed by atoms with E-state index in [2.05, 4.69) is 0 Å². The fourth-order valence-electron chi connectivity index (χ4n) is 2.35. The highest BCUT2D eigenvalue weighted by molar-refractivity contribution is 5.97. The third-order valence-electron chi connectivity index (χ3n) is 3.11. The van der Waals surface area contributed by atoms with Gasteiger partial charge in [0.05, 0.1) is 0 Å². The van der Waals surface area contributed by atoms with E-state index in [1.54, 1.807) is 6.08 Å². The van der Waals surface area contributed by atoms with Gasteiger partial charge in [-0.3, -0.25) is 4.79 Å². The van der Waals surface area contributed by atoms with Gasteiger partial charge in [0.15, 0.2) is 5.78 Å². The highest BCUT2D eigenvalue weighted by Crippen LogP contribution is 2.43. The van der Waals surface area contributed by atoms with Gasteiger partial charge in [-0.15, -0.1) is 0 Å². The summed E-state index contributed by atoms with van der Waals surface area (Å²) in [6.45, 7) is 0. The van der Waals surface area contributed by atoms with Crippen molar-refractivity contribution in [2.24, 2.45) is 5.41 Å². The van der Waals surface area contributed by atoms with Gasteiger partial charge in [0, 0.05) is 5.41 Å². The minimum atomic E-state index is 0.0816. The van der Waals surface area contributed by atoms with E-state index in [0.717, 1.165) is 19.3 Å². The molecule has 0 saturated heterocycles. The first-order valence-electron chi connectivity index (χ1n) is 4.55. The van der Waals surface area contributed by atoms with Crippen LogP contribution >= 0.6 is 0 Å². The van der Waals surface area contributed by atoms with Crippen molar-refractivity contribution in [1.29, 1.82) is 0 Å². The molecule has 60 valence electrons. The molecular formula is C10H14O. The summed E-state index contributed by atoms with van der Waals surface area (Å²) < 4.78 is 0. The second-order valence-electron chi connectivity index (χ2n) is 3.81. The lowest BCUT2D eigenvalue weighted by molar-refractivity contribution is -0.124. The van der Waals surface area contributed by atoms with Gasteiger partial charge in [0.25, 0.3) is 0 Å². The molecule has 0 atom stereocenters. The number of carbonyl (C=O) groups is 1. The number of carbonyl (C=O) groups excluding carboxylic acids is 1. The van der Waals surface area contributed by atoms with Crippen molar-refractivity contribution >= 4 is 5.78 Å². The summed E-state index contributed by atoms with van der Waals surface area (Å²) in [5.41, 5.74) is 0.0816. The standard InChI is InChI=1S/C10H14O/c11-9-5-4-8-10(9)6-2-1-3-7-10/h4-5H,1-3,6-8H2. The van der Waals surface area contributed by atoms with E-state index in [9.17, 15) is 4.79 Å². The van der Waals surface area contributed by atoms with Crippen molar-refractivity contribution in [2.45, 2.75) is 38.5 Å². The molecule has 0 N–H and O–H groups in total. The van der Waals surface area contributed by atoms with Crippen molar-refractivity contribution in [3.63, 3.8) is 0 Å². The Kier molecular flexibility index (Phi) is 1.59. The molecule has 0 radical (unpaired) electrons. The maximum atomic E-state index is 11.5. The molecule has 0 heterocycles. The average molecular weight is 150 g/mol. The third kappa shape index (κ3) is 1.03. The van der Waals surface area contributed by atoms with E-state index < -0.39 is 0 Å². The zero-order valence-electron chi connectivity index (χ0n) is 6.81. The molecular weight excluding hydrogens is 136 g/mol. The van der Waals surface area contributed by atoms with Crippen molar-refractivity contribution in [1.82, 2.24) is 0 Å². The Morgan fingerprint density at radius 3 is 2.45 bits per heavy atom. The first-order valence-corrected chi connectivity index (χ1v) is 4.55. The van der Waals surface area contributed by atoms with E-state index >= 15 is 0 Å². The van der Waals surface area contributed by atoms with E-state index in [1.807, 2.05) is 6.08 Å². The highest BCUT2D eigenvalue weighted by Gasteiger charge is 2.39. The molecule has 1 fully saturated rings. The Balaban J connectivity index is 2.15. The third-order valence-corrected chi connectivity index (χ3v) is 3.11. The number of rotatable bonds is 0. The summed E-state index contributed by atoms with van der Waals surface area (Å²) >= 11 is 0. The van der Waals surface area contributed by atoms with Crippen LogP contribution < -0.4 is 0 Å². The second kappa shape index (κ2) is 2.47. The summed E-state index contributed by atoms with van der Waals surface area (Å²) in [6.07, 6.45) is 11.0. The number of hydrogen-bond acceptors (Lipinski definition) is 1. The molecule has 2 rings (SSSR count). The molecule has 1 nitrogen and oxygen atoms in total. The van der Waals surface area contributed by atoms with Crippen LogP contribution in [0.4, 0.5) is 0 Å². The van der Waals surface area contributed by atoms with E-state index in [-0.39, 0.29) is 5.41 Å². The predicted molar refractivity (Wildman–Crippen MR) is 44.3 cm³/mol. The second-order valence-corrected chi connectivity index (χ2v) is 3.81. The Morgan fingerprint density at radius 1 is 1.18 bits per heavy atom. The molecule has 0 aromatic rings. The van der Waals surface area contributed by atoms with Gasteiger partial charge in [-0.05, 0) is 25.3 Å². The maximum Gasteiger partial charge on any atom is 0.161 e. The summed E-state index contributed by atoms with van der Waals surface area (Å²) in [5, 5.41) is 0. The Labute approximate surface area is 67.5 Å². The van der Waals surface area contributed by atoms with Crippen LogP contribution in [0, 0.1) is 5.41 Å². The van der Waals surface area contributed by atoms with Crippen molar-refractivity contribution in [3.8, 4) is 0 Å². The van der Waals surface area contributed by atoms with Crippen LogP contribution in [0.15, 0.2) is 12.2 Å². The van der Waals surface area contributed by atoms with Crippen LogP contribution in [0.3, 0.4) is 0 Å². The highest BCUT2D eigenvalue weighted by atomic mass is 16.1. The maximum absolute atomic E-state index is 11.5. The molecule has 0 amide bonds. The zero-order valence-corrected chi connectivity index (χ0v) is 6.81. The van der Waals surface area contributed by atoms with Gasteiger partial charge in [-0.1, -0.05) is 25.3 Å². The fraction of sp³-hybridized carbons (Fsp3) is 0.700.